The number of hydrogen-bond donors (Lipinski definition) is 0. The van der Waals surface area contributed by atoms with Crippen LogP contribution in [0.15, 0.2) is 127 Å². The van der Waals surface area contributed by atoms with Crippen LogP contribution in [-0.4, -0.2) is 0 Å². The fourth-order valence-electron chi connectivity index (χ4n) is 1.99. The summed E-state index contributed by atoms with van der Waals surface area (Å²) in [5, 5.41) is 0. The molecular weight excluding hydrogens is 420 g/mol. The maximum atomic E-state index is 2.99. The molecule has 0 amide bonds. The Morgan fingerprint density at radius 3 is 1.12 bits per heavy atom. The number of hydrogen-bond acceptors (Lipinski definition) is 0. The van der Waals surface area contributed by atoms with Crippen LogP contribution >= 0.6 is 0 Å². The molecule has 5 rings (SSSR count). The van der Waals surface area contributed by atoms with E-state index in [9.17, 15) is 0 Å². The normalized spacial score (nSPS) is 9.56. The molecule has 0 saturated heterocycles. The van der Waals surface area contributed by atoms with Crippen molar-refractivity contribution in [1.82, 2.24) is 0 Å². The Morgan fingerprint density at radius 2 is 1.00 bits per heavy atom. The largest absolute Gasteiger partial charge is 0.273 e. The van der Waals surface area contributed by atoms with Crippen molar-refractivity contribution in [3.63, 3.8) is 0 Å². The Morgan fingerprint density at radius 1 is 0.562 bits per heavy atom. The van der Waals surface area contributed by atoms with Crippen molar-refractivity contribution in [3.8, 4) is 0 Å². The molecule has 1 aliphatic rings. The smallest absolute Gasteiger partial charge is 0 e. The summed E-state index contributed by atoms with van der Waals surface area (Å²) in [4.78, 5) is 0. The molecule has 0 aromatic heterocycles. The van der Waals surface area contributed by atoms with Gasteiger partial charge in [0.2, 0.25) is 0 Å². The Labute approximate surface area is 210 Å². The van der Waals surface area contributed by atoms with E-state index in [-0.39, 0.29) is 21.7 Å². The average Bonchev–Trinajstić information content (AvgIpc) is 3.44. The van der Waals surface area contributed by atoms with Crippen molar-refractivity contribution >= 4 is 0 Å². The van der Waals surface area contributed by atoms with E-state index < -0.39 is 0 Å². The fraction of sp³-hybridized carbons (Fsp3) is 0.0968. The fourth-order valence-corrected chi connectivity index (χ4v) is 1.99. The maximum Gasteiger partial charge on any atom is 0 e. The van der Waals surface area contributed by atoms with E-state index in [0.29, 0.717) is 0 Å². The van der Waals surface area contributed by atoms with Gasteiger partial charge < -0.3 is 0 Å². The topological polar surface area (TPSA) is 0 Å². The zero-order valence-electron chi connectivity index (χ0n) is 18.8. The van der Waals surface area contributed by atoms with Crippen molar-refractivity contribution in [3.05, 3.63) is 169 Å². The zero-order chi connectivity index (χ0) is 22.2. The molecule has 4 aromatic carbocycles. The summed E-state index contributed by atoms with van der Waals surface area (Å²) in [6.07, 6.45) is 10.0. The van der Waals surface area contributed by atoms with Crippen LogP contribution in [0.3, 0.4) is 0 Å². The molecular formula is C31H29Ti-5. The van der Waals surface area contributed by atoms with E-state index in [1.54, 1.807) is 0 Å². The molecule has 0 heterocycles. The van der Waals surface area contributed by atoms with E-state index in [4.69, 9.17) is 0 Å². The average molecular weight is 449 g/mol. The molecule has 0 atom stereocenters. The molecule has 0 aliphatic heterocycles. The second-order valence-electron chi connectivity index (χ2n) is 6.32. The molecule has 162 valence electrons. The third-order valence-corrected chi connectivity index (χ3v) is 3.53. The van der Waals surface area contributed by atoms with E-state index in [1.165, 1.54) is 11.1 Å². The van der Waals surface area contributed by atoms with Crippen LogP contribution < -0.4 is 0 Å². The van der Waals surface area contributed by atoms with Crippen molar-refractivity contribution in [2.24, 2.45) is 0 Å². The Balaban J connectivity index is 0.000000374. The third-order valence-electron chi connectivity index (χ3n) is 3.53. The second kappa shape index (κ2) is 22.8. The van der Waals surface area contributed by atoms with Gasteiger partial charge in [0.1, 0.15) is 0 Å². The van der Waals surface area contributed by atoms with Crippen LogP contribution in [0.4, 0.5) is 0 Å². The summed E-state index contributed by atoms with van der Waals surface area (Å²) in [5.41, 5.74) is 2.53. The number of aryl methyl sites for hydroxylation is 2. The van der Waals surface area contributed by atoms with Crippen LogP contribution in [0.5, 0.6) is 0 Å². The van der Waals surface area contributed by atoms with E-state index in [0.717, 1.165) is 6.42 Å². The Kier molecular flexibility index (Phi) is 20.7. The molecule has 0 N–H and O–H groups in total. The minimum Gasteiger partial charge on any atom is -0.273 e. The molecule has 0 spiro atoms. The molecule has 0 bridgehead atoms. The molecule has 0 fully saturated rings. The molecule has 4 aromatic rings. The van der Waals surface area contributed by atoms with Crippen molar-refractivity contribution in [2.75, 3.05) is 0 Å². The predicted octanol–water partition coefficient (Wildman–Crippen LogP) is 7.87. The van der Waals surface area contributed by atoms with E-state index in [2.05, 4.69) is 62.4 Å². The van der Waals surface area contributed by atoms with Gasteiger partial charge in [0.05, 0.1) is 0 Å². The first-order valence-electron chi connectivity index (χ1n) is 10.2. The summed E-state index contributed by atoms with van der Waals surface area (Å²) in [5.74, 6) is 0. The third kappa shape index (κ3) is 20.4. The van der Waals surface area contributed by atoms with Crippen molar-refractivity contribution in [2.45, 2.75) is 20.3 Å². The monoisotopic (exact) mass is 449 g/mol. The molecule has 0 saturated carbocycles. The quantitative estimate of drug-likeness (QED) is 0.189. The van der Waals surface area contributed by atoms with Gasteiger partial charge in [-0.1, -0.05) is 13.8 Å². The summed E-state index contributed by atoms with van der Waals surface area (Å²) < 4.78 is 0. The van der Waals surface area contributed by atoms with Gasteiger partial charge in [0.25, 0.3) is 0 Å². The minimum atomic E-state index is 0. The molecule has 1 heteroatoms. The van der Waals surface area contributed by atoms with Gasteiger partial charge in [-0.25, -0.2) is 12.2 Å². The van der Waals surface area contributed by atoms with Crippen LogP contribution in [0.2, 0.25) is 0 Å². The summed E-state index contributed by atoms with van der Waals surface area (Å²) in [6, 6.07) is 46.7. The first kappa shape index (κ1) is 29.1. The van der Waals surface area contributed by atoms with Gasteiger partial charge in [-0.15, -0.1) is 6.42 Å². The van der Waals surface area contributed by atoms with E-state index >= 15 is 0 Å². The van der Waals surface area contributed by atoms with Gasteiger partial charge in [-0.3, -0.25) is 6.08 Å². The summed E-state index contributed by atoms with van der Waals surface area (Å²) in [6.45, 7) is 4.10. The van der Waals surface area contributed by atoms with Gasteiger partial charge >= 0.3 is 0 Å². The Hall–Kier alpha value is -2.93. The molecule has 1 aliphatic carbocycles. The maximum absolute atomic E-state index is 2.99. The van der Waals surface area contributed by atoms with Crippen molar-refractivity contribution in [1.29, 1.82) is 0 Å². The standard InChI is InChI=1S/2C7H7.2C6H5.C5H5.Ti/c2*1-7-5-3-2-4-6-7;2*1-2-4-6-5-3-1;1-2-4-5-3-1;/h2*2-3,5-6H,1H3;2*1-5H;1-3H,4H2;/q5*-1;. The van der Waals surface area contributed by atoms with Gasteiger partial charge in [-0.05, 0) is 0 Å². The molecule has 32 heavy (non-hydrogen) atoms. The molecule has 0 unspecified atom stereocenters. The van der Waals surface area contributed by atoms with Crippen molar-refractivity contribution < 1.29 is 21.7 Å². The Bertz CT molecular complexity index is 767. The van der Waals surface area contributed by atoms with Crippen LogP contribution in [0.25, 0.3) is 0 Å². The minimum absolute atomic E-state index is 0. The second-order valence-corrected chi connectivity index (χ2v) is 6.32. The molecule has 0 radical (unpaired) electrons. The van der Waals surface area contributed by atoms with Crippen LogP contribution in [-0.2, 0) is 21.7 Å². The summed E-state index contributed by atoms with van der Waals surface area (Å²) in [7, 11) is 0. The predicted molar refractivity (Wildman–Crippen MR) is 132 cm³/mol. The van der Waals surface area contributed by atoms with Gasteiger partial charge in [0, 0.05) is 21.7 Å². The number of allylic oxidation sites excluding steroid dienone is 4. The van der Waals surface area contributed by atoms with Gasteiger partial charge in [-0.2, -0.15) is 151 Å². The van der Waals surface area contributed by atoms with E-state index in [1.807, 2.05) is 109 Å². The number of benzene rings is 4. The molecule has 0 nitrogen and oxygen atoms in total. The van der Waals surface area contributed by atoms with Crippen LogP contribution in [0, 0.1) is 44.2 Å². The summed E-state index contributed by atoms with van der Waals surface area (Å²) >= 11 is 0. The first-order valence-corrected chi connectivity index (χ1v) is 10.2. The van der Waals surface area contributed by atoms with Crippen LogP contribution in [0.1, 0.15) is 17.5 Å². The number of rotatable bonds is 0. The first-order chi connectivity index (χ1) is 15.3. The van der Waals surface area contributed by atoms with Gasteiger partial charge in [0.15, 0.2) is 0 Å². The SMILES string of the molecule is Cc1c[c-]ccc1.Cc1c[c-]ccc1.[C-]1=CC=CC1.[Ti].[c-]1ccccc1.[c-]1ccccc1. The zero-order valence-corrected chi connectivity index (χ0v) is 20.4.